The molecule has 2 aromatic carbocycles. The van der Waals surface area contributed by atoms with Gasteiger partial charge in [0.15, 0.2) is 18.1 Å². The van der Waals surface area contributed by atoms with Crippen molar-refractivity contribution in [3.8, 4) is 17.0 Å². The third-order valence-electron chi connectivity index (χ3n) is 6.45. The fraction of sp³-hybridized carbons (Fsp3) is 0.269. The first-order chi connectivity index (χ1) is 16.9. The summed E-state index contributed by atoms with van der Waals surface area (Å²) in [6.45, 7) is 3.49. The van der Waals surface area contributed by atoms with Gasteiger partial charge in [-0.15, -0.1) is 0 Å². The van der Waals surface area contributed by atoms with Crippen LogP contribution in [0, 0.1) is 0 Å². The maximum atomic E-state index is 11.7. The highest BCUT2D eigenvalue weighted by molar-refractivity contribution is 5.96. The van der Waals surface area contributed by atoms with Crippen LogP contribution in [0.15, 0.2) is 61.1 Å². The Hall–Kier alpha value is -4.11. The average Bonchev–Trinajstić information content (AvgIpc) is 3.32. The summed E-state index contributed by atoms with van der Waals surface area (Å²) in [6.07, 6.45) is 7.32. The maximum absolute atomic E-state index is 11.7. The molecule has 9 nitrogen and oxygen atoms in total. The first-order valence-corrected chi connectivity index (χ1v) is 11.7. The fourth-order valence-electron chi connectivity index (χ4n) is 4.73. The predicted molar refractivity (Wildman–Crippen MR) is 134 cm³/mol. The molecule has 0 spiro atoms. The Balaban J connectivity index is 1.29. The van der Waals surface area contributed by atoms with Crippen molar-refractivity contribution in [2.45, 2.75) is 25.4 Å². The molecule has 6 rings (SSSR count). The molecule has 2 aliphatic rings. The van der Waals surface area contributed by atoms with Crippen LogP contribution in [0.2, 0.25) is 0 Å². The minimum Gasteiger partial charge on any atom is -0.482 e. The van der Waals surface area contributed by atoms with Crippen molar-refractivity contribution < 1.29 is 14.6 Å². The van der Waals surface area contributed by atoms with E-state index in [1.54, 1.807) is 6.20 Å². The topological polar surface area (TPSA) is 104 Å². The highest BCUT2D eigenvalue weighted by Crippen LogP contribution is 2.33. The van der Waals surface area contributed by atoms with Crippen molar-refractivity contribution in [2.24, 2.45) is 0 Å². The van der Waals surface area contributed by atoms with Gasteiger partial charge in [0.1, 0.15) is 5.75 Å². The molecule has 2 aromatic heterocycles. The molecule has 0 aliphatic carbocycles. The summed E-state index contributed by atoms with van der Waals surface area (Å²) in [5.74, 6) is 1.09. The molecule has 0 radical (unpaired) electrons. The van der Waals surface area contributed by atoms with Crippen LogP contribution >= 0.6 is 0 Å². The van der Waals surface area contributed by atoms with Crippen LogP contribution in [0.25, 0.3) is 16.9 Å². The Bertz CT molecular complexity index is 1410. The van der Waals surface area contributed by atoms with Gasteiger partial charge >= 0.3 is 0 Å². The summed E-state index contributed by atoms with van der Waals surface area (Å²) in [6, 6.07) is 13.8. The minimum absolute atomic E-state index is 0.0233. The summed E-state index contributed by atoms with van der Waals surface area (Å²) in [7, 11) is 0. The number of imidazole rings is 1. The number of fused-ring (bicyclic) bond motifs is 2. The normalized spacial score (nSPS) is 19.7. The lowest BCUT2D eigenvalue weighted by Gasteiger charge is -2.38. The molecule has 35 heavy (non-hydrogen) atoms. The smallest absolute Gasteiger partial charge is 0.262 e. The van der Waals surface area contributed by atoms with Gasteiger partial charge < -0.3 is 29.8 Å². The van der Waals surface area contributed by atoms with Gasteiger partial charge in [0.25, 0.3) is 5.91 Å². The van der Waals surface area contributed by atoms with Crippen molar-refractivity contribution in [2.75, 3.05) is 35.2 Å². The molecule has 1 unspecified atom stereocenters. The van der Waals surface area contributed by atoms with Gasteiger partial charge in [-0.3, -0.25) is 4.79 Å². The van der Waals surface area contributed by atoms with Gasteiger partial charge in [-0.05, 0) is 62.2 Å². The number of hydrogen-bond acceptors (Lipinski definition) is 7. The molecule has 1 amide bonds. The number of ether oxygens (including phenoxy) is 1. The highest BCUT2D eigenvalue weighted by atomic mass is 16.5. The zero-order valence-corrected chi connectivity index (χ0v) is 19.4. The Kier molecular flexibility index (Phi) is 5.07. The summed E-state index contributed by atoms with van der Waals surface area (Å²) in [5, 5.41) is 16.7. The van der Waals surface area contributed by atoms with E-state index in [1.807, 2.05) is 54.0 Å². The summed E-state index contributed by atoms with van der Waals surface area (Å²) >= 11 is 0. The monoisotopic (exact) mass is 470 g/mol. The average molecular weight is 471 g/mol. The number of β-amino-alcohol motifs (C(OH)–C–C–N with tert-alkyl or cyclic N) is 1. The number of rotatable bonds is 4. The molecule has 1 fully saturated rings. The van der Waals surface area contributed by atoms with Crippen LogP contribution in [0.3, 0.4) is 0 Å². The molecular weight excluding hydrogens is 444 g/mol. The molecule has 3 N–H and O–H groups in total. The number of hydrogen-bond donors (Lipinski definition) is 3. The number of aromatic nitrogens is 3. The van der Waals surface area contributed by atoms with E-state index in [-0.39, 0.29) is 12.5 Å². The number of piperidine rings is 1. The van der Waals surface area contributed by atoms with E-state index in [0.29, 0.717) is 29.4 Å². The van der Waals surface area contributed by atoms with Crippen LogP contribution in [-0.2, 0) is 4.79 Å². The lowest BCUT2D eigenvalue weighted by atomic mass is 9.95. The summed E-state index contributed by atoms with van der Waals surface area (Å²) in [5.41, 5.74) is 4.23. The van der Waals surface area contributed by atoms with Crippen molar-refractivity contribution in [3.05, 3.63) is 61.1 Å². The molecule has 0 saturated carbocycles. The Labute approximate surface area is 202 Å². The number of carbonyl (C=O) groups is 1. The standard InChI is InChI=1S/C26H26N6O3/c1-26(34)9-2-11-32(16-26)19-6-4-18(5-7-19)28-24-25-27-10-12-31(25)14-21(30-24)17-3-8-22-20(13-17)29-23(33)15-35-22/h3-8,10,12-14,34H,2,9,11,15-16H2,1H3,(H,28,30)(H,29,33). The fourth-order valence-corrected chi connectivity index (χ4v) is 4.73. The number of nitrogens with one attached hydrogen (secondary N) is 2. The van der Waals surface area contributed by atoms with Crippen LogP contribution in [0.5, 0.6) is 5.75 Å². The molecule has 9 heteroatoms. The van der Waals surface area contributed by atoms with Gasteiger partial charge in [-0.2, -0.15) is 0 Å². The van der Waals surface area contributed by atoms with Crippen molar-refractivity contribution in [3.63, 3.8) is 0 Å². The van der Waals surface area contributed by atoms with E-state index >= 15 is 0 Å². The molecule has 4 aromatic rings. The molecule has 178 valence electrons. The minimum atomic E-state index is -0.655. The zero-order valence-electron chi connectivity index (χ0n) is 19.4. The predicted octanol–water partition coefficient (Wildman–Crippen LogP) is 3.82. The third-order valence-corrected chi connectivity index (χ3v) is 6.45. The second-order valence-corrected chi connectivity index (χ2v) is 9.37. The first-order valence-electron chi connectivity index (χ1n) is 11.7. The SMILES string of the molecule is CC1(O)CCCN(c2ccc(Nc3nc(-c4ccc5c(c4)NC(=O)CO5)cn4ccnc34)cc2)C1. The summed E-state index contributed by atoms with van der Waals surface area (Å²) < 4.78 is 7.39. The molecule has 0 bridgehead atoms. The third kappa shape index (κ3) is 4.26. The van der Waals surface area contributed by atoms with E-state index in [9.17, 15) is 9.90 Å². The van der Waals surface area contributed by atoms with Gasteiger partial charge in [0.2, 0.25) is 0 Å². The number of carbonyl (C=O) groups excluding carboxylic acids is 1. The van der Waals surface area contributed by atoms with Crippen LogP contribution < -0.4 is 20.3 Å². The van der Waals surface area contributed by atoms with E-state index in [2.05, 4.69) is 32.7 Å². The lowest BCUT2D eigenvalue weighted by Crippen LogP contribution is -2.46. The molecule has 4 heterocycles. The number of amides is 1. The van der Waals surface area contributed by atoms with Crippen LogP contribution in [0.1, 0.15) is 19.8 Å². The maximum Gasteiger partial charge on any atom is 0.262 e. The van der Waals surface area contributed by atoms with Gasteiger partial charge in [-0.25, -0.2) is 9.97 Å². The molecular formula is C26H26N6O3. The molecule has 1 saturated heterocycles. The summed E-state index contributed by atoms with van der Waals surface area (Å²) in [4.78, 5) is 23.3. The van der Waals surface area contributed by atoms with Gasteiger partial charge in [-0.1, -0.05) is 0 Å². The number of benzene rings is 2. The largest absolute Gasteiger partial charge is 0.482 e. The Morgan fingerprint density at radius 1 is 1.20 bits per heavy atom. The van der Waals surface area contributed by atoms with E-state index in [4.69, 9.17) is 9.72 Å². The first kappa shape index (κ1) is 21.4. The van der Waals surface area contributed by atoms with Crippen molar-refractivity contribution in [1.82, 2.24) is 14.4 Å². The van der Waals surface area contributed by atoms with Gasteiger partial charge in [0, 0.05) is 48.6 Å². The number of anilines is 4. The van der Waals surface area contributed by atoms with E-state index < -0.39 is 5.60 Å². The van der Waals surface area contributed by atoms with E-state index in [1.165, 1.54) is 0 Å². The highest BCUT2D eigenvalue weighted by Gasteiger charge is 2.28. The quantitative estimate of drug-likeness (QED) is 0.417. The Morgan fingerprint density at radius 2 is 2.06 bits per heavy atom. The molecule has 2 aliphatic heterocycles. The molecule has 1 atom stereocenters. The van der Waals surface area contributed by atoms with Crippen molar-refractivity contribution >= 4 is 34.4 Å². The lowest BCUT2D eigenvalue weighted by molar-refractivity contribution is -0.118. The van der Waals surface area contributed by atoms with Crippen molar-refractivity contribution in [1.29, 1.82) is 0 Å². The van der Waals surface area contributed by atoms with Gasteiger partial charge in [0.05, 0.1) is 17.0 Å². The number of aliphatic hydroxyl groups is 1. The second-order valence-electron chi connectivity index (χ2n) is 9.37. The second kappa shape index (κ2) is 8.28. The number of nitrogens with zero attached hydrogens (tertiary/aromatic N) is 4. The van der Waals surface area contributed by atoms with Crippen LogP contribution in [0.4, 0.5) is 22.9 Å². The zero-order chi connectivity index (χ0) is 24.0. The van der Waals surface area contributed by atoms with Crippen LogP contribution in [-0.4, -0.2) is 50.7 Å². The van der Waals surface area contributed by atoms with E-state index in [0.717, 1.165) is 42.0 Å². The Morgan fingerprint density at radius 3 is 2.89 bits per heavy atom.